The molecule has 0 fully saturated rings. The van der Waals surface area contributed by atoms with Crippen LogP contribution in [0.5, 0.6) is 0 Å². The molecule has 0 saturated heterocycles. The highest BCUT2D eigenvalue weighted by Crippen LogP contribution is 2.31. The average molecular weight is 397 g/mol. The fraction of sp³-hybridized carbons (Fsp3) is 0.250. The molecular weight excluding hydrogens is 376 g/mol. The molecule has 0 spiro atoms. The molecule has 0 aliphatic carbocycles. The molecule has 1 amide bonds. The van der Waals surface area contributed by atoms with Crippen LogP contribution >= 0.6 is 23.1 Å². The Balaban J connectivity index is 1.36. The van der Waals surface area contributed by atoms with Crippen LogP contribution < -0.4 is 10.2 Å². The van der Waals surface area contributed by atoms with Crippen LogP contribution in [0.1, 0.15) is 16.7 Å². The molecular formula is C20H20N4OS2. The van der Waals surface area contributed by atoms with E-state index in [0.29, 0.717) is 5.75 Å². The lowest BCUT2D eigenvalue weighted by molar-refractivity contribution is -0.116. The smallest absolute Gasteiger partial charge is 0.237 e. The van der Waals surface area contributed by atoms with Gasteiger partial charge < -0.3 is 10.2 Å². The van der Waals surface area contributed by atoms with E-state index < -0.39 is 0 Å². The lowest BCUT2D eigenvalue weighted by atomic mass is 10.1. The molecule has 3 aromatic rings. The number of carbonyl (C=O) groups is 1. The van der Waals surface area contributed by atoms with Crippen molar-refractivity contribution in [1.29, 1.82) is 0 Å². The van der Waals surface area contributed by atoms with Gasteiger partial charge in [0.15, 0.2) is 4.34 Å². The Labute approximate surface area is 166 Å². The largest absolute Gasteiger partial charge is 0.330 e. The van der Waals surface area contributed by atoms with E-state index in [2.05, 4.69) is 47.6 Å². The zero-order chi connectivity index (χ0) is 18.8. The van der Waals surface area contributed by atoms with Crippen LogP contribution in [0.2, 0.25) is 0 Å². The van der Waals surface area contributed by atoms with Crippen LogP contribution in [-0.2, 0) is 11.2 Å². The van der Waals surface area contributed by atoms with Gasteiger partial charge in [0.05, 0.1) is 5.75 Å². The zero-order valence-electron chi connectivity index (χ0n) is 15.2. The maximum atomic E-state index is 12.6. The predicted molar refractivity (Wildman–Crippen MR) is 112 cm³/mol. The van der Waals surface area contributed by atoms with E-state index in [0.717, 1.165) is 33.8 Å². The van der Waals surface area contributed by atoms with Gasteiger partial charge in [-0.3, -0.25) is 4.79 Å². The SMILES string of the molecule is Cc1ccc(Nc2nnc(SCC(=O)N3CCc4ccccc43)s2)cc1C. The zero-order valence-corrected chi connectivity index (χ0v) is 16.9. The number of aryl methyl sites for hydroxylation is 2. The third kappa shape index (κ3) is 3.99. The van der Waals surface area contributed by atoms with Crippen molar-refractivity contribution in [2.75, 3.05) is 22.5 Å². The first-order chi connectivity index (χ1) is 13.1. The summed E-state index contributed by atoms with van der Waals surface area (Å²) in [5.41, 5.74) is 5.77. The van der Waals surface area contributed by atoms with Gasteiger partial charge in [0.1, 0.15) is 0 Å². The second-order valence-corrected chi connectivity index (χ2v) is 8.71. The molecule has 5 nitrogen and oxygen atoms in total. The highest BCUT2D eigenvalue weighted by molar-refractivity contribution is 8.01. The minimum atomic E-state index is 0.115. The molecule has 1 aromatic heterocycles. The number of nitrogens with one attached hydrogen (secondary N) is 1. The summed E-state index contributed by atoms with van der Waals surface area (Å²) in [6.45, 7) is 4.94. The molecule has 138 valence electrons. The summed E-state index contributed by atoms with van der Waals surface area (Å²) in [5.74, 6) is 0.482. The maximum Gasteiger partial charge on any atom is 0.237 e. The normalized spacial score (nSPS) is 12.9. The Kier molecular flexibility index (Phi) is 5.13. The number of hydrogen-bond acceptors (Lipinski definition) is 6. The van der Waals surface area contributed by atoms with E-state index in [4.69, 9.17) is 0 Å². The van der Waals surface area contributed by atoms with Gasteiger partial charge in [-0.2, -0.15) is 0 Å². The van der Waals surface area contributed by atoms with E-state index in [9.17, 15) is 4.79 Å². The number of aromatic nitrogens is 2. The number of benzene rings is 2. The summed E-state index contributed by atoms with van der Waals surface area (Å²) >= 11 is 2.91. The number of para-hydroxylation sites is 1. The number of anilines is 3. The fourth-order valence-corrected chi connectivity index (χ4v) is 4.71. The Morgan fingerprint density at radius 3 is 2.89 bits per heavy atom. The monoisotopic (exact) mass is 396 g/mol. The maximum absolute atomic E-state index is 12.6. The molecule has 0 unspecified atom stereocenters. The lowest BCUT2D eigenvalue weighted by Gasteiger charge is -2.16. The number of thioether (sulfide) groups is 1. The average Bonchev–Trinajstić information content (AvgIpc) is 3.29. The van der Waals surface area contributed by atoms with E-state index in [1.54, 1.807) is 0 Å². The van der Waals surface area contributed by atoms with Gasteiger partial charge in [0.2, 0.25) is 11.0 Å². The Morgan fingerprint density at radius 1 is 1.19 bits per heavy atom. The van der Waals surface area contributed by atoms with Gasteiger partial charge >= 0.3 is 0 Å². The molecule has 1 N–H and O–H groups in total. The molecule has 27 heavy (non-hydrogen) atoms. The van der Waals surface area contributed by atoms with Crippen molar-refractivity contribution < 1.29 is 4.79 Å². The molecule has 2 aromatic carbocycles. The van der Waals surface area contributed by atoms with Crippen LogP contribution in [0, 0.1) is 13.8 Å². The van der Waals surface area contributed by atoms with Crippen molar-refractivity contribution in [2.24, 2.45) is 0 Å². The molecule has 1 aliphatic heterocycles. The van der Waals surface area contributed by atoms with Gasteiger partial charge in [-0.15, -0.1) is 10.2 Å². The first-order valence-corrected chi connectivity index (χ1v) is 10.6. The predicted octanol–water partition coefficient (Wildman–Crippen LogP) is 4.58. The summed E-state index contributed by atoms with van der Waals surface area (Å²) < 4.78 is 0.794. The summed E-state index contributed by atoms with van der Waals surface area (Å²) in [5, 5.41) is 12.4. The number of amides is 1. The Bertz CT molecular complexity index is 986. The van der Waals surface area contributed by atoms with Crippen LogP contribution in [0.25, 0.3) is 0 Å². The molecule has 2 heterocycles. The van der Waals surface area contributed by atoms with E-state index >= 15 is 0 Å². The first-order valence-electron chi connectivity index (χ1n) is 8.79. The van der Waals surface area contributed by atoms with Crippen molar-refractivity contribution in [2.45, 2.75) is 24.6 Å². The van der Waals surface area contributed by atoms with Gasteiger partial charge in [-0.05, 0) is 55.2 Å². The Hall–Kier alpha value is -2.38. The highest BCUT2D eigenvalue weighted by atomic mass is 32.2. The van der Waals surface area contributed by atoms with E-state index in [-0.39, 0.29) is 5.91 Å². The third-order valence-corrected chi connectivity index (χ3v) is 6.63. The second-order valence-electron chi connectivity index (χ2n) is 6.51. The molecule has 1 aliphatic rings. The number of carbonyl (C=O) groups excluding carboxylic acids is 1. The number of rotatable bonds is 5. The van der Waals surface area contributed by atoms with Crippen molar-refractivity contribution in [1.82, 2.24) is 10.2 Å². The number of nitrogens with zero attached hydrogens (tertiary/aromatic N) is 3. The molecule has 0 saturated carbocycles. The van der Waals surface area contributed by atoms with Gasteiger partial charge in [0.25, 0.3) is 0 Å². The second kappa shape index (κ2) is 7.70. The van der Waals surface area contributed by atoms with Crippen molar-refractivity contribution in [3.8, 4) is 0 Å². The van der Waals surface area contributed by atoms with Crippen LogP contribution in [0.3, 0.4) is 0 Å². The van der Waals surface area contributed by atoms with Gasteiger partial charge in [0, 0.05) is 17.9 Å². The first kappa shape index (κ1) is 18.0. The fourth-order valence-electron chi connectivity index (χ4n) is 3.06. The van der Waals surface area contributed by atoms with Gasteiger partial charge in [-0.1, -0.05) is 47.4 Å². The molecule has 4 rings (SSSR count). The topological polar surface area (TPSA) is 58.1 Å². The third-order valence-electron chi connectivity index (χ3n) is 4.67. The van der Waals surface area contributed by atoms with Crippen LogP contribution in [0.15, 0.2) is 46.8 Å². The van der Waals surface area contributed by atoms with E-state index in [1.165, 1.54) is 39.8 Å². The Morgan fingerprint density at radius 2 is 2.04 bits per heavy atom. The molecule has 7 heteroatoms. The van der Waals surface area contributed by atoms with Gasteiger partial charge in [-0.25, -0.2) is 0 Å². The van der Waals surface area contributed by atoms with Crippen LogP contribution in [0.4, 0.5) is 16.5 Å². The number of fused-ring (bicyclic) bond motifs is 1. The minimum absolute atomic E-state index is 0.115. The molecule has 0 bridgehead atoms. The van der Waals surface area contributed by atoms with Crippen molar-refractivity contribution >= 4 is 45.5 Å². The lowest BCUT2D eigenvalue weighted by Crippen LogP contribution is -2.30. The number of hydrogen-bond donors (Lipinski definition) is 1. The summed E-state index contributed by atoms with van der Waals surface area (Å²) in [7, 11) is 0. The summed E-state index contributed by atoms with van der Waals surface area (Å²) in [6, 6.07) is 14.3. The highest BCUT2D eigenvalue weighted by Gasteiger charge is 2.24. The van der Waals surface area contributed by atoms with Crippen molar-refractivity contribution in [3.63, 3.8) is 0 Å². The van der Waals surface area contributed by atoms with Crippen molar-refractivity contribution in [3.05, 3.63) is 59.2 Å². The molecule has 0 radical (unpaired) electrons. The molecule has 0 atom stereocenters. The quantitative estimate of drug-likeness (QED) is 0.640. The minimum Gasteiger partial charge on any atom is -0.330 e. The summed E-state index contributed by atoms with van der Waals surface area (Å²) in [6.07, 6.45) is 0.926. The van der Waals surface area contributed by atoms with E-state index in [1.807, 2.05) is 29.2 Å². The standard InChI is InChI=1S/C20H20N4OS2/c1-13-7-8-16(11-14(13)2)21-19-22-23-20(27-19)26-12-18(25)24-10-9-15-5-3-4-6-17(15)24/h3-8,11H,9-10,12H2,1-2H3,(H,21,22). The summed E-state index contributed by atoms with van der Waals surface area (Å²) in [4.78, 5) is 14.5. The van der Waals surface area contributed by atoms with Crippen LogP contribution in [-0.4, -0.2) is 28.4 Å².